The molecule has 0 fully saturated rings. The molecule has 0 unspecified atom stereocenters. The molecule has 0 aliphatic carbocycles. The molecule has 0 aliphatic heterocycles. The van der Waals surface area contributed by atoms with E-state index in [1.54, 1.807) is 31.4 Å². The fraction of sp³-hybridized carbons (Fsp3) is 0.280. The fourth-order valence-corrected chi connectivity index (χ4v) is 4.08. The van der Waals surface area contributed by atoms with Gasteiger partial charge in [-0.25, -0.2) is 9.97 Å². The van der Waals surface area contributed by atoms with Gasteiger partial charge in [-0.3, -0.25) is 9.59 Å². The van der Waals surface area contributed by atoms with Gasteiger partial charge in [0.25, 0.3) is 5.91 Å². The van der Waals surface area contributed by atoms with Gasteiger partial charge in [0.15, 0.2) is 10.9 Å². The van der Waals surface area contributed by atoms with Crippen LogP contribution in [0.1, 0.15) is 36.3 Å². The van der Waals surface area contributed by atoms with Gasteiger partial charge in [0.05, 0.1) is 18.3 Å². The molecule has 0 saturated heterocycles. The molecular weight excluding hydrogens is 472 g/mol. The van der Waals surface area contributed by atoms with Crippen LogP contribution in [0.15, 0.2) is 66.0 Å². The molecule has 0 saturated carbocycles. The Labute approximate surface area is 208 Å². The minimum atomic E-state index is -0.763. The number of halogens is 1. The standard InChI is InChI=1S/C25H27ClN4O3S/c1-16(2)13-21(23(31)28-18-9-11-19(33-3)12-10-18)29-24(32)22-20(26)14-27-25(30-22)34-15-17-7-5-4-6-8-17/h4-12,14,16,21H,13,15H2,1-3H3,(H,28,31)(H,29,32)/t21-/m1/s1. The van der Waals surface area contributed by atoms with E-state index in [9.17, 15) is 9.59 Å². The maximum Gasteiger partial charge on any atom is 0.272 e. The molecule has 9 heteroatoms. The average Bonchev–Trinajstić information content (AvgIpc) is 2.84. The van der Waals surface area contributed by atoms with E-state index in [1.165, 1.54) is 18.0 Å². The first-order valence-corrected chi connectivity index (χ1v) is 12.2. The van der Waals surface area contributed by atoms with E-state index in [-0.39, 0.29) is 22.5 Å². The van der Waals surface area contributed by atoms with Gasteiger partial charge in [-0.15, -0.1) is 0 Å². The van der Waals surface area contributed by atoms with Crippen molar-refractivity contribution >= 4 is 40.9 Å². The average molecular weight is 499 g/mol. The molecule has 1 atom stereocenters. The maximum atomic E-state index is 13.0. The van der Waals surface area contributed by atoms with Crippen LogP contribution in [-0.4, -0.2) is 34.9 Å². The highest BCUT2D eigenvalue weighted by Crippen LogP contribution is 2.22. The number of methoxy groups -OCH3 is 1. The zero-order chi connectivity index (χ0) is 24.5. The van der Waals surface area contributed by atoms with Gasteiger partial charge in [-0.05, 0) is 42.2 Å². The van der Waals surface area contributed by atoms with Crippen LogP contribution in [-0.2, 0) is 10.5 Å². The molecule has 3 aromatic rings. The second kappa shape index (κ2) is 12.4. The van der Waals surface area contributed by atoms with Crippen molar-refractivity contribution in [2.24, 2.45) is 5.92 Å². The molecule has 1 heterocycles. The van der Waals surface area contributed by atoms with E-state index in [1.807, 2.05) is 44.2 Å². The highest BCUT2D eigenvalue weighted by Gasteiger charge is 2.25. The summed E-state index contributed by atoms with van der Waals surface area (Å²) in [4.78, 5) is 34.5. The normalized spacial score (nSPS) is 11.7. The van der Waals surface area contributed by atoms with E-state index in [4.69, 9.17) is 16.3 Å². The predicted octanol–water partition coefficient (Wildman–Crippen LogP) is 5.21. The van der Waals surface area contributed by atoms with Crippen LogP contribution in [0.4, 0.5) is 5.69 Å². The lowest BCUT2D eigenvalue weighted by molar-refractivity contribution is -0.118. The first-order valence-electron chi connectivity index (χ1n) is 10.8. The van der Waals surface area contributed by atoms with Crippen LogP contribution in [0.2, 0.25) is 5.02 Å². The largest absolute Gasteiger partial charge is 0.497 e. The smallest absolute Gasteiger partial charge is 0.272 e. The molecule has 34 heavy (non-hydrogen) atoms. The summed E-state index contributed by atoms with van der Waals surface area (Å²) in [6, 6.07) is 16.1. The van der Waals surface area contributed by atoms with E-state index < -0.39 is 11.9 Å². The van der Waals surface area contributed by atoms with Crippen molar-refractivity contribution in [2.75, 3.05) is 12.4 Å². The van der Waals surface area contributed by atoms with E-state index >= 15 is 0 Å². The molecule has 2 aromatic carbocycles. The van der Waals surface area contributed by atoms with Crippen LogP contribution in [0.5, 0.6) is 5.75 Å². The van der Waals surface area contributed by atoms with E-state index in [0.717, 1.165) is 5.56 Å². The number of carbonyl (C=O) groups excluding carboxylic acids is 2. The molecule has 0 bridgehead atoms. The number of amides is 2. The molecule has 7 nitrogen and oxygen atoms in total. The molecule has 2 amide bonds. The Balaban J connectivity index is 1.70. The topological polar surface area (TPSA) is 93.2 Å². The highest BCUT2D eigenvalue weighted by atomic mass is 35.5. The Morgan fingerprint density at radius 1 is 1.09 bits per heavy atom. The summed E-state index contributed by atoms with van der Waals surface area (Å²) in [5.74, 6) is 0.666. The number of aromatic nitrogens is 2. The van der Waals surface area contributed by atoms with Crippen LogP contribution >= 0.6 is 23.4 Å². The number of nitrogens with one attached hydrogen (secondary N) is 2. The molecular formula is C25H27ClN4O3S. The number of hydrogen-bond donors (Lipinski definition) is 2. The lowest BCUT2D eigenvalue weighted by atomic mass is 10.0. The molecule has 0 spiro atoms. The monoisotopic (exact) mass is 498 g/mol. The summed E-state index contributed by atoms with van der Waals surface area (Å²) in [6.45, 7) is 3.96. The lowest BCUT2D eigenvalue weighted by Crippen LogP contribution is -2.45. The zero-order valence-electron chi connectivity index (χ0n) is 19.2. The minimum Gasteiger partial charge on any atom is -0.497 e. The number of thioether (sulfide) groups is 1. The number of nitrogens with zero attached hydrogens (tertiary/aromatic N) is 2. The maximum absolute atomic E-state index is 13.0. The van der Waals surface area contributed by atoms with Crippen molar-refractivity contribution in [2.45, 2.75) is 37.2 Å². The third-order valence-electron chi connectivity index (χ3n) is 4.83. The van der Waals surface area contributed by atoms with Crippen LogP contribution in [0, 0.1) is 5.92 Å². The molecule has 2 N–H and O–H groups in total. The molecule has 178 valence electrons. The molecule has 1 aromatic heterocycles. The quantitative estimate of drug-likeness (QED) is 0.294. The Kier molecular flexibility index (Phi) is 9.30. The number of benzene rings is 2. The van der Waals surface area contributed by atoms with Gasteiger partial charge < -0.3 is 15.4 Å². The zero-order valence-corrected chi connectivity index (χ0v) is 20.8. The van der Waals surface area contributed by atoms with Crippen molar-refractivity contribution in [3.05, 3.63) is 77.1 Å². The molecule has 0 aliphatic rings. The van der Waals surface area contributed by atoms with Crippen molar-refractivity contribution in [1.82, 2.24) is 15.3 Å². The highest BCUT2D eigenvalue weighted by molar-refractivity contribution is 7.98. The summed E-state index contributed by atoms with van der Waals surface area (Å²) < 4.78 is 5.14. The summed E-state index contributed by atoms with van der Waals surface area (Å²) in [6.07, 6.45) is 1.86. The summed E-state index contributed by atoms with van der Waals surface area (Å²) >= 11 is 7.63. The summed E-state index contributed by atoms with van der Waals surface area (Å²) in [7, 11) is 1.58. The van der Waals surface area contributed by atoms with Gasteiger partial charge in [0.1, 0.15) is 11.8 Å². The Hall–Kier alpha value is -3.10. The Morgan fingerprint density at radius 2 is 1.79 bits per heavy atom. The number of hydrogen-bond acceptors (Lipinski definition) is 6. The Bertz CT molecular complexity index is 1110. The first kappa shape index (κ1) is 25.5. The van der Waals surface area contributed by atoms with Crippen molar-refractivity contribution < 1.29 is 14.3 Å². The lowest BCUT2D eigenvalue weighted by Gasteiger charge is -2.20. The van der Waals surface area contributed by atoms with Crippen LogP contribution < -0.4 is 15.4 Å². The second-order valence-electron chi connectivity index (χ2n) is 8.00. The molecule has 0 radical (unpaired) electrons. The first-order chi connectivity index (χ1) is 16.4. The third kappa shape index (κ3) is 7.46. The van der Waals surface area contributed by atoms with E-state index in [0.29, 0.717) is 28.8 Å². The van der Waals surface area contributed by atoms with Crippen molar-refractivity contribution in [1.29, 1.82) is 0 Å². The van der Waals surface area contributed by atoms with Gasteiger partial charge in [0.2, 0.25) is 5.91 Å². The summed E-state index contributed by atoms with van der Waals surface area (Å²) in [5, 5.41) is 6.19. The van der Waals surface area contributed by atoms with Crippen LogP contribution in [0.3, 0.4) is 0 Å². The second-order valence-corrected chi connectivity index (χ2v) is 9.35. The third-order valence-corrected chi connectivity index (χ3v) is 6.04. The number of carbonyl (C=O) groups is 2. The predicted molar refractivity (Wildman–Crippen MR) is 135 cm³/mol. The number of anilines is 1. The van der Waals surface area contributed by atoms with E-state index in [2.05, 4.69) is 20.6 Å². The van der Waals surface area contributed by atoms with Gasteiger partial charge in [0, 0.05) is 11.4 Å². The van der Waals surface area contributed by atoms with Crippen molar-refractivity contribution in [3.8, 4) is 5.75 Å². The van der Waals surface area contributed by atoms with Crippen molar-refractivity contribution in [3.63, 3.8) is 0 Å². The molecule has 3 rings (SSSR count). The van der Waals surface area contributed by atoms with Crippen LogP contribution in [0.25, 0.3) is 0 Å². The number of rotatable bonds is 10. The van der Waals surface area contributed by atoms with Gasteiger partial charge >= 0.3 is 0 Å². The summed E-state index contributed by atoms with van der Waals surface area (Å²) in [5.41, 5.74) is 1.76. The van der Waals surface area contributed by atoms with Gasteiger partial charge in [-0.1, -0.05) is 67.5 Å². The van der Waals surface area contributed by atoms with Gasteiger partial charge in [-0.2, -0.15) is 0 Å². The SMILES string of the molecule is COc1ccc(NC(=O)[C@@H](CC(C)C)NC(=O)c2nc(SCc3ccccc3)ncc2Cl)cc1. The Morgan fingerprint density at radius 3 is 2.44 bits per heavy atom. The number of ether oxygens (including phenoxy) is 1. The fourth-order valence-electron chi connectivity index (χ4n) is 3.14. The minimum absolute atomic E-state index is 0.0400.